The molecule has 0 aliphatic heterocycles. The van der Waals surface area contributed by atoms with Crippen LogP contribution in [0.4, 0.5) is 0 Å². The number of hydrogen-bond acceptors (Lipinski definition) is 5. The van der Waals surface area contributed by atoms with Crippen molar-refractivity contribution in [2.24, 2.45) is 0 Å². The largest absolute Gasteiger partial charge is 0.480 e. The Balaban J connectivity index is 1.78. The molecule has 1 fully saturated rings. The van der Waals surface area contributed by atoms with Crippen molar-refractivity contribution >= 4 is 5.97 Å². The van der Waals surface area contributed by atoms with Crippen molar-refractivity contribution < 1.29 is 9.90 Å². The lowest BCUT2D eigenvalue weighted by Gasteiger charge is -2.43. The molecule has 0 saturated heterocycles. The molecule has 1 N–H and O–H groups in total. The summed E-state index contributed by atoms with van der Waals surface area (Å²) in [5.41, 5.74) is 3.97. The number of likely N-dealkylation sites (N-methyl/N-ethyl adjacent to an activating group) is 1. The number of carbonyl (C=O) groups is 1. The maximum Gasteiger partial charge on any atom is 0.317 e. The Bertz CT molecular complexity index is 826. The Morgan fingerprint density at radius 3 is 2.07 bits per heavy atom. The van der Waals surface area contributed by atoms with Crippen molar-refractivity contribution in [3.8, 4) is 0 Å². The Kier molecular flexibility index (Phi) is 7.34. The molecule has 0 spiro atoms. The maximum atomic E-state index is 11.6. The number of nitrogens with zero attached hydrogens (tertiary/aromatic N) is 4. The third-order valence-electron chi connectivity index (χ3n) is 5.74. The summed E-state index contributed by atoms with van der Waals surface area (Å²) < 4.78 is 0. The van der Waals surface area contributed by atoms with Crippen LogP contribution < -0.4 is 0 Å². The number of pyridine rings is 2. The van der Waals surface area contributed by atoms with Crippen LogP contribution in [0.15, 0.2) is 36.4 Å². The van der Waals surface area contributed by atoms with Gasteiger partial charge in [0.25, 0.3) is 0 Å². The minimum absolute atomic E-state index is 0.0350. The molecule has 0 unspecified atom stereocenters. The number of rotatable bonds is 8. The minimum atomic E-state index is -0.787. The fourth-order valence-electron chi connectivity index (χ4n) is 4.45. The van der Waals surface area contributed by atoms with Crippen molar-refractivity contribution in [3.63, 3.8) is 0 Å². The number of hydrogen-bond donors (Lipinski definition) is 1. The lowest BCUT2D eigenvalue weighted by molar-refractivity contribution is -0.139. The van der Waals surface area contributed by atoms with Crippen LogP contribution in [0.5, 0.6) is 0 Å². The van der Waals surface area contributed by atoms with Crippen LogP contribution in [0.25, 0.3) is 0 Å². The quantitative estimate of drug-likeness (QED) is 0.737. The molecule has 2 atom stereocenters. The van der Waals surface area contributed by atoms with Gasteiger partial charge in [-0.3, -0.25) is 24.6 Å². The predicted molar refractivity (Wildman–Crippen MR) is 114 cm³/mol. The second-order valence-electron chi connectivity index (χ2n) is 8.17. The number of carboxylic acid groups (broad SMARTS) is 1. The van der Waals surface area contributed by atoms with Crippen molar-refractivity contribution in [1.82, 2.24) is 19.8 Å². The Morgan fingerprint density at radius 1 is 0.966 bits per heavy atom. The van der Waals surface area contributed by atoms with E-state index in [0.717, 1.165) is 48.6 Å². The van der Waals surface area contributed by atoms with Crippen molar-refractivity contribution in [3.05, 3.63) is 59.2 Å². The number of aliphatic carboxylic acids is 1. The van der Waals surface area contributed by atoms with Gasteiger partial charge in [-0.05, 0) is 58.0 Å². The highest BCUT2D eigenvalue weighted by Gasteiger charge is 2.34. The molecule has 1 saturated carbocycles. The Labute approximate surface area is 173 Å². The van der Waals surface area contributed by atoms with Crippen LogP contribution in [-0.4, -0.2) is 56.5 Å². The molecule has 1 aliphatic carbocycles. The molecule has 156 valence electrons. The highest BCUT2D eigenvalue weighted by atomic mass is 16.4. The van der Waals surface area contributed by atoms with Gasteiger partial charge < -0.3 is 5.11 Å². The second kappa shape index (κ2) is 9.94. The average molecular weight is 397 g/mol. The highest BCUT2D eigenvalue weighted by molar-refractivity contribution is 5.69. The van der Waals surface area contributed by atoms with Crippen molar-refractivity contribution in [1.29, 1.82) is 0 Å². The molecule has 0 bridgehead atoms. The first-order valence-corrected chi connectivity index (χ1v) is 10.4. The molecule has 6 heteroatoms. The Morgan fingerprint density at radius 2 is 1.52 bits per heavy atom. The zero-order chi connectivity index (χ0) is 20.8. The van der Waals surface area contributed by atoms with Gasteiger partial charge in [0.05, 0.1) is 17.9 Å². The third kappa shape index (κ3) is 6.08. The zero-order valence-corrected chi connectivity index (χ0v) is 17.7. The second-order valence-corrected chi connectivity index (χ2v) is 8.17. The van der Waals surface area contributed by atoms with E-state index in [0.29, 0.717) is 12.6 Å². The highest BCUT2D eigenvalue weighted by Crippen LogP contribution is 2.28. The van der Waals surface area contributed by atoms with Crippen LogP contribution in [0.2, 0.25) is 0 Å². The number of aromatic nitrogens is 2. The topological polar surface area (TPSA) is 69.6 Å². The first kappa shape index (κ1) is 21.4. The summed E-state index contributed by atoms with van der Waals surface area (Å²) in [4.78, 5) is 25.3. The van der Waals surface area contributed by atoms with E-state index in [-0.39, 0.29) is 12.6 Å². The lowest BCUT2D eigenvalue weighted by Crippen LogP contribution is -2.53. The van der Waals surface area contributed by atoms with E-state index < -0.39 is 5.97 Å². The first-order chi connectivity index (χ1) is 13.9. The third-order valence-corrected chi connectivity index (χ3v) is 5.74. The molecule has 2 aromatic rings. The van der Waals surface area contributed by atoms with E-state index >= 15 is 0 Å². The van der Waals surface area contributed by atoms with Gasteiger partial charge in [-0.2, -0.15) is 0 Å². The van der Waals surface area contributed by atoms with E-state index in [9.17, 15) is 9.90 Å². The summed E-state index contributed by atoms with van der Waals surface area (Å²) in [6, 6.07) is 12.6. The van der Waals surface area contributed by atoms with Gasteiger partial charge in [0, 0.05) is 36.6 Å². The summed E-state index contributed by atoms with van der Waals surface area (Å²) >= 11 is 0. The SMILES string of the molecule is Cc1cccc(CN(C)[C@H]2CCCC[C@@H]2N(CC(=O)O)Cc2cccc(C)n2)n1. The van der Waals surface area contributed by atoms with E-state index in [1.807, 2.05) is 44.2 Å². The first-order valence-electron chi connectivity index (χ1n) is 10.4. The van der Waals surface area contributed by atoms with E-state index in [1.54, 1.807) is 0 Å². The maximum absolute atomic E-state index is 11.6. The van der Waals surface area contributed by atoms with E-state index in [1.165, 1.54) is 6.42 Å². The molecule has 29 heavy (non-hydrogen) atoms. The van der Waals surface area contributed by atoms with Gasteiger partial charge in [0.2, 0.25) is 0 Å². The van der Waals surface area contributed by atoms with Gasteiger partial charge >= 0.3 is 5.97 Å². The van der Waals surface area contributed by atoms with Crippen molar-refractivity contribution in [2.75, 3.05) is 13.6 Å². The van der Waals surface area contributed by atoms with Crippen LogP contribution in [0, 0.1) is 13.8 Å². The monoisotopic (exact) mass is 396 g/mol. The van der Waals surface area contributed by atoms with Crippen LogP contribution in [0.1, 0.15) is 48.5 Å². The zero-order valence-electron chi connectivity index (χ0n) is 17.7. The van der Waals surface area contributed by atoms with Crippen LogP contribution >= 0.6 is 0 Å². The van der Waals surface area contributed by atoms with Gasteiger partial charge in [0.15, 0.2) is 0 Å². The fourth-order valence-corrected chi connectivity index (χ4v) is 4.45. The van der Waals surface area contributed by atoms with Crippen LogP contribution in [-0.2, 0) is 17.9 Å². The summed E-state index contributed by atoms with van der Waals surface area (Å²) in [5.74, 6) is -0.787. The summed E-state index contributed by atoms with van der Waals surface area (Å²) in [7, 11) is 2.14. The molecule has 0 radical (unpaired) electrons. The minimum Gasteiger partial charge on any atom is -0.480 e. The van der Waals surface area contributed by atoms with Gasteiger partial charge in [-0.25, -0.2) is 0 Å². The molecular weight excluding hydrogens is 364 g/mol. The summed E-state index contributed by atoms with van der Waals surface area (Å²) in [6.45, 7) is 5.35. The van der Waals surface area contributed by atoms with Crippen molar-refractivity contribution in [2.45, 2.75) is 64.7 Å². The molecule has 1 aliphatic rings. The molecule has 2 heterocycles. The average Bonchev–Trinajstić information content (AvgIpc) is 2.67. The van der Waals surface area contributed by atoms with Gasteiger partial charge in [-0.1, -0.05) is 25.0 Å². The molecule has 0 aromatic carbocycles. The van der Waals surface area contributed by atoms with Gasteiger partial charge in [-0.15, -0.1) is 0 Å². The lowest BCUT2D eigenvalue weighted by atomic mass is 9.87. The standard InChI is InChI=1S/C23H32N4O2/c1-17-8-6-10-19(24-17)14-26(3)21-12-4-5-13-22(21)27(16-23(28)29)15-20-11-7-9-18(2)25-20/h6-11,21-22H,4-5,12-16H2,1-3H3,(H,28,29)/t21-,22-/m0/s1. The molecule has 6 nitrogen and oxygen atoms in total. The fraction of sp³-hybridized carbons (Fsp3) is 0.522. The number of carboxylic acids is 1. The molecule has 0 amide bonds. The summed E-state index contributed by atoms with van der Waals surface area (Å²) in [5, 5.41) is 9.55. The number of aryl methyl sites for hydroxylation is 2. The predicted octanol–water partition coefficient (Wildman–Crippen LogP) is 3.42. The Hall–Kier alpha value is -2.31. The molecule has 2 aromatic heterocycles. The summed E-state index contributed by atoms with van der Waals surface area (Å²) in [6.07, 6.45) is 4.39. The van der Waals surface area contributed by atoms with Gasteiger partial charge in [0.1, 0.15) is 0 Å². The van der Waals surface area contributed by atoms with E-state index in [4.69, 9.17) is 0 Å². The smallest absolute Gasteiger partial charge is 0.317 e. The normalized spacial score (nSPS) is 19.6. The molecular formula is C23H32N4O2. The van der Waals surface area contributed by atoms with Crippen LogP contribution in [0.3, 0.4) is 0 Å². The van der Waals surface area contributed by atoms with E-state index in [2.05, 4.69) is 32.9 Å². The molecule has 3 rings (SSSR count).